The Kier molecular flexibility index (Phi) is 9.68. The van der Waals surface area contributed by atoms with E-state index in [9.17, 15) is 19.5 Å². The number of esters is 1. The molecule has 2 aromatic heterocycles. The number of ether oxygens (including phenoxy) is 1. The fraction of sp³-hybridized carbons (Fsp3) is 0.103. The number of carbonyl (C=O) groups excluding carboxylic acids is 2. The van der Waals surface area contributed by atoms with Crippen LogP contribution in [0.3, 0.4) is 0 Å². The number of pyridine rings is 2. The van der Waals surface area contributed by atoms with Crippen LogP contribution in [-0.4, -0.2) is 46.2 Å². The molecule has 1 unspecified atom stereocenters. The molecule has 0 aliphatic heterocycles. The topological polar surface area (TPSA) is 143 Å². The van der Waals surface area contributed by atoms with E-state index >= 15 is 0 Å². The lowest BCUT2D eigenvalue weighted by atomic mass is 9.76. The van der Waals surface area contributed by atoms with E-state index < -0.39 is 29.6 Å². The molecular formula is C39H33N5O5. The van der Waals surface area contributed by atoms with Crippen LogP contribution in [0.1, 0.15) is 32.6 Å². The lowest BCUT2D eigenvalue weighted by Crippen LogP contribution is -2.53. The molecule has 10 nitrogen and oxygen atoms in total. The number of nitrogens with one attached hydrogen (secondary N) is 3. The Hall–Kier alpha value is -6.39. The average Bonchev–Trinajstić information content (AvgIpc) is 3.15. The molecule has 4 aromatic carbocycles. The Morgan fingerprint density at radius 3 is 1.90 bits per heavy atom. The lowest BCUT2D eigenvalue weighted by molar-refractivity contribution is -0.143. The van der Waals surface area contributed by atoms with Gasteiger partial charge in [-0.15, -0.1) is 0 Å². The van der Waals surface area contributed by atoms with Crippen LogP contribution in [-0.2, 0) is 21.5 Å². The van der Waals surface area contributed by atoms with Crippen LogP contribution in [0.25, 0.3) is 10.9 Å². The minimum Gasteiger partial charge on any atom is -0.478 e. The molecular weight excluding hydrogens is 618 g/mol. The van der Waals surface area contributed by atoms with Gasteiger partial charge in [0.25, 0.3) is 0 Å². The molecule has 0 saturated heterocycles. The van der Waals surface area contributed by atoms with Gasteiger partial charge in [-0.25, -0.2) is 9.59 Å². The molecule has 6 aromatic rings. The predicted molar refractivity (Wildman–Crippen MR) is 187 cm³/mol. The number of urea groups is 1. The SMILES string of the molecule is COC(=O)C(Cc1ccc(NC(=O)Nc2cnccc2C(=O)O)c2ncccc12)NC(c1ccccc1)(c1ccccc1)c1ccccc1. The number of methoxy groups -OCH3 is 1. The molecule has 2 heterocycles. The Balaban J connectivity index is 1.38. The molecule has 0 spiro atoms. The number of aromatic nitrogens is 2. The van der Waals surface area contributed by atoms with E-state index in [-0.39, 0.29) is 17.7 Å². The maximum absolute atomic E-state index is 13.7. The van der Waals surface area contributed by atoms with Crippen LogP contribution in [0.15, 0.2) is 140 Å². The number of nitrogens with zero attached hydrogens (tertiary/aromatic N) is 2. The summed E-state index contributed by atoms with van der Waals surface area (Å²) in [6.45, 7) is 0. The fourth-order valence-electron chi connectivity index (χ4n) is 6.10. The van der Waals surface area contributed by atoms with Crippen LogP contribution >= 0.6 is 0 Å². The third-order valence-corrected chi connectivity index (χ3v) is 8.33. The third kappa shape index (κ3) is 6.85. The first-order valence-corrected chi connectivity index (χ1v) is 15.5. The number of rotatable bonds is 11. The van der Waals surface area contributed by atoms with Gasteiger partial charge in [0.2, 0.25) is 0 Å². The van der Waals surface area contributed by atoms with Crippen LogP contribution in [0.4, 0.5) is 16.2 Å². The van der Waals surface area contributed by atoms with Crippen molar-refractivity contribution >= 4 is 40.2 Å². The summed E-state index contributed by atoms with van der Waals surface area (Å²) in [7, 11) is 1.37. The summed E-state index contributed by atoms with van der Waals surface area (Å²) in [5.41, 5.74) is 3.53. The summed E-state index contributed by atoms with van der Waals surface area (Å²) in [6, 6.07) is 37.0. The molecule has 0 saturated carbocycles. The van der Waals surface area contributed by atoms with Gasteiger partial charge >= 0.3 is 18.0 Å². The van der Waals surface area contributed by atoms with E-state index in [1.165, 1.54) is 25.6 Å². The summed E-state index contributed by atoms with van der Waals surface area (Å²) < 4.78 is 5.38. The molecule has 0 aliphatic rings. The van der Waals surface area contributed by atoms with Gasteiger partial charge in [-0.05, 0) is 46.9 Å². The molecule has 244 valence electrons. The van der Waals surface area contributed by atoms with E-state index in [0.29, 0.717) is 16.6 Å². The number of carboxylic acids is 1. The number of hydrogen-bond donors (Lipinski definition) is 4. The van der Waals surface area contributed by atoms with E-state index in [2.05, 4.69) is 25.9 Å². The molecule has 10 heteroatoms. The van der Waals surface area contributed by atoms with Gasteiger partial charge in [-0.3, -0.25) is 20.1 Å². The van der Waals surface area contributed by atoms with E-state index in [1.807, 2.05) is 103 Å². The Morgan fingerprint density at radius 2 is 1.33 bits per heavy atom. The van der Waals surface area contributed by atoms with Gasteiger partial charge in [-0.2, -0.15) is 0 Å². The fourth-order valence-corrected chi connectivity index (χ4v) is 6.10. The van der Waals surface area contributed by atoms with Gasteiger partial charge in [0.1, 0.15) is 6.04 Å². The zero-order valence-corrected chi connectivity index (χ0v) is 26.5. The monoisotopic (exact) mass is 651 g/mol. The first-order chi connectivity index (χ1) is 23.9. The minimum absolute atomic E-state index is 0.0483. The van der Waals surface area contributed by atoms with Crippen molar-refractivity contribution < 1.29 is 24.2 Å². The van der Waals surface area contributed by atoms with E-state index in [1.54, 1.807) is 18.3 Å². The number of amides is 2. The highest BCUT2D eigenvalue weighted by atomic mass is 16.5. The van der Waals surface area contributed by atoms with Gasteiger partial charge < -0.3 is 20.5 Å². The van der Waals surface area contributed by atoms with E-state index in [4.69, 9.17) is 4.74 Å². The van der Waals surface area contributed by atoms with Crippen molar-refractivity contribution in [2.75, 3.05) is 17.7 Å². The highest BCUT2D eigenvalue weighted by Gasteiger charge is 2.40. The number of aromatic carboxylic acids is 1. The van der Waals surface area contributed by atoms with Crippen LogP contribution in [0.2, 0.25) is 0 Å². The Labute approximate surface area is 282 Å². The Morgan fingerprint density at radius 1 is 0.735 bits per heavy atom. The summed E-state index contributed by atoms with van der Waals surface area (Å²) in [4.78, 5) is 46.8. The molecule has 2 amide bonds. The molecule has 0 fully saturated rings. The van der Waals surface area contributed by atoms with Gasteiger partial charge in [0, 0.05) is 17.8 Å². The average molecular weight is 652 g/mol. The van der Waals surface area contributed by atoms with Crippen molar-refractivity contribution in [2.24, 2.45) is 0 Å². The second-order valence-corrected chi connectivity index (χ2v) is 11.2. The summed E-state index contributed by atoms with van der Waals surface area (Å²) in [5, 5.41) is 19.3. The highest BCUT2D eigenvalue weighted by molar-refractivity contribution is 6.08. The molecule has 0 aliphatic carbocycles. The quantitative estimate of drug-likeness (QED) is 0.0903. The van der Waals surface area contributed by atoms with Crippen LogP contribution in [0, 0.1) is 0 Å². The van der Waals surface area contributed by atoms with Gasteiger partial charge in [-0.1, -0.05) is 103 Å². The number of carbonyl (C=O) groups is 3. The van der Waals surface area contributed by atoms with Crippen molar-refractivity contribution in [3.63, 3.8) is 0 Å². The lowest BCUT2D eigenvalue weighted by Gasteiger charge is -2.39. The molecule has 1 atom stereocenters. The first-order valence-electron chi connectivity index (χ1n) is 15.5. The van der Waals surface area contributed by atoms with Gasteiger partial charge in [0.15, 0.2) is 0 Å². The molecule has 0 bridgehead atoms. The largest absolute Gasteiger partial charge is 0.478 e. The standard InChI is InChI=1S/C39H33N5O5/c1-49-37(47)33(44-39(27-12-5-2-6-13-27,28-14-7-3-8-15-28)29-16-9-4-10-17-29)24-26-19-20-32(35-30(26)18-11-22-41-35)42-38(48)43-34-25-40-23-21-31(34)36(45)46/h2-23,25,33,44H,24H2,1H3,(H,45,46)(H2,42,43,48). The van der Waals surface area contributed by atoms with Gasteiger partial charge in [0.05, 0.1) is 41.3 Å². The smallest absolute Gasteiger partial charge is 0.337 e. The van der Waals surface area contributed by atoms with Crippen molar-refractivity contribution in [3.8, 4) is 0 Å². The number of hydrogen-bond acceptors (Lipinski definition) is 7. The maximum atomic E-state index is 13.7. The number of anilines is 2. The van der Waals surface area contributed by atoms with Crippen molar-refractivity contribution in [1.82, 2.24) is 15.3 Å². The minimum atomic E-state index is -1.20. The van der Waals surface area contributed by atoms with Crippen LogP contribution in [0.5, 0.6) is 0 Å². The summed E-state index contributed by atoms with van der Waals surface area (Å²) in [6.07, 6.45) is 4.44. The zero-order chi connectivity index (χ0) is 34.2. The second-order valence-electron chi connectivity index (χ2n) is 11.2. The normalized spacial score (nSPS) is 11.8. The molecule has 6 rings (SSSR count). The van der Waals surface area contributed by atoms with Crippen molar-refractivity contribution in [2.45, 2.75) is 18.0 Å². The number of carboxylic acid groups (broad SMARTS) is 1. The maximum Gasteiger partial charge on any atom is 0.337 e. The second kappa shape index (κ2) is 14.6. The summed E-state index contributed by atoms with van der Waals surface area (Å²) in [5.74, 6) is -1.64. The highest BCUT2D eigenvalue weighted by Crippen LogP contribution is 2.38. The summed E-state index contributed by atoms with van der Waals surface area (Å²) >= 11 is 0. The van der Waals surface area contributed by atoms with Crippen molar-refractivity contribution in [1.29, 1.82) is 0 Å². The zero-order valence-electron chi connectivity index (χ0n) is 26.5. The first kappa shape index (κ1) is 32.5. The number of benzene rings is 4. The number of fused-ring (bicyclic) bond motifs is 1. The van der Waals surface area contributed by atoms with E-state index in [0.717, 1.165) is 22.3 Å². The van der Waals surface area contributed by atoms with Crippen molar-refractivity contribution in [3.05, 3.63) is 168 Å². The molecule has 0 radical (unpaired) electrons. The van der Waals surface area contributed by atoms with Crippen LogP contribution < -0.4 is 16.0 Å². The molecule has 49 heavy (non-hydrogen) atoms. The molecule has 4 N–H and O–H groups in total. The Bertz CT molecular complexity index is 2000. The third-order valence-electron chi connectivity index (χ3n) is 8.33. The predicted octanol–water partition coefficient (Wildman–Crippen LogP) is 6.64.